The average Bonchev–Trinajstić information content (AvgIpc) is 2.94. The van der Waals surface area contributed by atoms with Crippen molar-refractivity contribution >= 4 is 44.2 Å². The molecule has 0 unspecified atom stereocenters. The van der Waals surface area contributed by atoms with Gasteiger partial charge in [-0.1, -0.05) is 12.1 Å². The molecule has 1 aromatic carbocycles. The van der Waals surface area contributed by atoms with Crippen LogP contribution in [0.2, 0.25) is 0 Å². The van der Waals surface area contributed by atoms with Gasteiger partial charge in [0.1, 0.15) is 16.2 Å². The van der Waals surface area contributed by atoms with Crippen LogP contribution in [0.3, 0.4) is 0 Å². The molecule has 0 fully saturated rings. The summed E-state index contributed by atoms with van der Waals surface area (Å²) in [6.07, 6.45) is 1.56. The fourth-order valence-corrected chi connectivity index (χ4v) is 4.22. The lowest BCUT2D eigenvalue weighted by atomic mass is 10.2. The maximum atomic E-state index is 12.5. The molecule has 5 nitrogen and oxygen atoms in total. The van der Waals surface area contributed by atoms with Crippen LogP contribution in [0.4, 0.5) is 0 Å². The predicted octanol–water partition coefficient (Wildman–Crippen LogP) is 3.40. The highest BCUT2D eigenvalue weighted by Crippen LogP contribution is 2.33. The number of hydrogen-bond acceptors (Lipinski definition) is 6. The van der Waals surface area contributed by atoms with Gasteiger partial charge in [0.05, 0.1) is 10.9 Å². The third-order valence-electron chi connectivity index (χ3n) is 3.55. The summed E-state index contributed by atoms with van der Waals surface area (Å²) >= 11 is 3.03. The van der Waals surface area contributed by atoms with Crippen LogP contribution in [0.1, 0.15) is 4.88 Å². The number of fused-ring (bicyclic) bond motifs is 2. The zero-order valence-electron chi connectivity index (χ0n) is 12.5. The number of para-hydroxylation sites is 1. The van der Waals surface area contributed by atoms with Gasteiger partial charge in [-0.25, -0.2) is 15.0 Å². The molecule has 4 aromatic rings. The largest absolute Gasteiger partial charge is 0.290 e. The van der Waals surface area contributed by atoms with E-state index in [0.29, 0.717) is 16.1 Å². The molecule has 0 bridgehead atoms. The molecular formula is C16H12N4OS2. The second-order valence-corrected chi connectivity index (χ2v) is 7.32. The number of nitrogens with zero attached hydrogens (tertiary/aromatic N) is 4. The van der Waals surface area contributed by atoms with Crippen LogP contribution in [0.25, 0.3) is 21.1 Å². The number of aryl methyl sites for hydroxylation is 1. The zero-order chi connectivity index (χ0) is 16.0. The molecule has 0 radical (unpaired) electrons. The van der Waals surface area contributed by atoms with Crippen molar-refractivity contribution in [2.75, 3.05) is 0 Å². The van der Waals surface area contributed by atoms with E-state index in [1.54, 1.807) is 35.3 Å². The second kappa shape index (κ2) is 5.43. The summed E-state index contributed by atoms with van der Waals surface area (Å²) < 4.78 is 1.57. The molecule has 0 atom stereocenters. The number of rotatable bonds is 2. The van der Waals surface area contributed by atoms with Gasteiger partial charge in [0.15, 0.2) is 5.16 Å². The lowest BCUT2D eigenvalue weighted by Crippen LogP contribution is -2.19. The highest BCUT2D eigenvalue weighted by molar-refractivity contribution is 7.99. The van der Waals surface area contributed by atoms with E-state index in [1.807, 2.05) is 25.1 Å². The van der Waals surface area contributed by atoms with E-state index < -0.39 is 0 Å². The Hall–Kier alpha value is -2.25. The number of hydrogen-bond donors (Lipinski definition) is 0. The molecule has 0 saturated heterocycles. The fraction of sp³-hybridized carbons (Fsp3) is 0.125. The van der Waals surface area contributed by atoms with E-state index in [-0.39, 0.29) is 5.56 Å². The zero-order valence-corrected chi connectivity index (χ0v) is 14.1. The van der Waals surface area contributed by atoms with Crippen LogP contribution in [0, 0.1) is 6.92 Å². The molecule has 0 aliphatic rings. The third kappa shape index (κ3) is 2.42. The van der Waals surface area contributed by atoms with Gasteiger partial charge in [0, 0.05) is 17.3 Å². The van der Waals surface area contributed by atoms with Gasteiger partial charge < -0.3 is 0 Å². The molecule has 0 aliphatic carbocycles. The maximum absolute atomic E-state index is 12.5. The fourth-order valence-electron chi connectivity index (χ4n) is 2.41. The van der Waals surface area contributed by atoms with Crippen molar-refractivity contribution in [3.8, 4) is 0 Å². The summed E-state index contributed by atoms with van der Waals surface area (Å²) in [6.45, 7) is 2.05. The molecule has 114 valence electrons. The Morgan fingerprint density at radius 3 is 2.87 bits per heavy atom. The number of thiophene rings is 1. The van der Waals surface area contributed by atoms with Crippen LogP contribution < -0.4 is 5.56 Å². The molecular weight excluding hydrogens is 328 g/mol. The highest BCUT2D eigenvalue weighted by atomic mass is 32.2. The molecule has 3 heterocycles. The van der Waals surface area contributed by atoms with Gasteiger partial charge in [0.25, 0.3) is 5.56 Å². The van der Waals surface area contributed by atoms with Crippen molar-refractivity contribution in [3.05, 3.63) is 51.9 Å². The SMILES string of the molecule is Cc1cc2c(Sc3nc4ccccc4c(=O)n3C)ncnc2s1. The van der Waals surface area contributed by atoms with Crippen molar-refractivity contribution in [1.29, 1.82) is 0 Å². The van der Waals surface area contributed by atoms with Gasteiger partial charge >= 0.3 is 0 Å². The minimum atomic E-state index is -0.0510. The first kappa shape index (κ1) is 14.3. The van der Waals surface area contributed by atoms with E-state index in [9.17, 15) is 4.79 Å². The number of aromatic nitrogens is 4. The minimum Gasteiger partial charge on any atom is -0.290 e. The molecule has 0 saturated carbocycles. The lowest BCUT2D eigenvalue weighted by Gasteiger charge is -2.08. The first-order valence-corrected chi connectivity index (χ1v) is 8.61. The lowest BCUT2D eigenvalue weighted by molar-refractivity contribution is 0.725. The smallest absolute Gasteiger partial charge is 0.261 e. The molecule has 3 aromatic heterocycles. The molecule has 0 aliphatic heterocycles. The van der Waals surface area contributed by atoms with Crippen molar-refractivity contribution < 1.29 is 0 Å². The first-order valence-electron chi connectivity index (χ1n) is 6.98. The summed E-state index contributed by atoms with van der Waals surface area (Å²) in [7, 11) is 1.74. The summed E-state index contributed by atoms with van der Waals surface area (Å²) in [5.41, 5.74) is 0.648. The Bertz CT molecular complexity index is 1100. The second-order valence-electron chi connectivity index (χ2n) is 5.13. The Morgan fingerprint density at radius 2 is 2.00 bits per heavy atom. The van der Waals surface area contributed by atoms with Crippen LogP contribution in [-0.4, -0.2) is 19.5 Å². The van der Waals surface area contributed by atoms with E-state index in [4.69, 9.17) is 0 Å². The van der Waals surface area contributed by atoms with Crippen LogP contribution in [0.5, 0.6) is 0 Å². The summed E-state index contributed by atoms with van der Waals surface area (Å²) in [5, 5.41) is 3.07. The maximum Gasteiger partial charge on any atom is 0.261 e. The van der Waals surface area contributed by atoms with Crippen molar-refractivity contribution in [2.24, 2.45) is 7.05 Å². The van der Waals surface area contributed by atoms with Crippen LogP contribution in [-0.2, 0) is 7.05 Å². The number of benzene rings is 1. The van der Waals surface area contributed by atoms with E-state index in [2.05, 4.69) is 21.0 Å². The average molecular weight is 340 g/mol. The van der Waals surface area contributed by atoms with Crippen LogP contribution >= 0.6 is 23.1 Å². The summed E-state index contributed by atoms with van der Waals surface area (Å²) in [4.78, 5) is 27.9. The highest BCUT2D eigenvalue weighted by Gasteiger charge is 2.13. The Labute approximate surface area is 140 Å². The van der Waals surface area contributed by atoms with Gasteiger partial charge in [-0.15, -0.1) is 11.3 Å². The third-order valence-corrected chi connectivity index (χ3v) is 5.57. The van der Waals surface area contributed by atoms with E-state index in [0.717, 1.165) is 15.2 Å². The predicted molar refractivity (Wildman–Crippen MR) is 93.3 cm³/mol. The van der Waals surface area contributed by atoms with Gasteiger partial charge in [0.2, 0.25) is 0 Å². The molecule has 4 rings (SSSR count). The van der Waals surface area contributed by atoms with Crippen molar-refractivity contribution in [1.82, 2.24) is 19.5 Å². The van der Waals surface area contributed by atoms with Gasteiger partial charge in [-0.3, -0.25) is 9.36 Å². The normalized spacial score (nSPS) is 11.4. The topological polar surface area (TPSA) is 60.7 Å². The Morgan fingerprint density at radius 1 is 1.17 bits per heavy atom. The van der Waals surface area contributed by atoms with Crippen molar-refractivity contribution in [2.45, 2.75) is 17.1 Å². The van der Waals surface area contributed by atoms with E-state index in [1.165, 1.54) is 16.6 Å². The quantitative estimate of drug-likeness (QED) is 0.413. The molecule has 0 amide bonds. The standard InChI is InChI=1S/C16H12N4OS2/c1-9-7-11-13(22-9)17-8-18-14(11)23-16-19-12-6-4-3-5-10(12)15(21)20(16)2/h3-8H,1-2H3. The van der Waals surface area contributed by atoms with Crippen molar-refractivity contribution in [3.63, 3.8) is 0 Å². The van der Waals surface area contributed by atoms with Crippen LogP contribution in [0.15, 0.2) is 51.6 Å². The molecule has 0 N–H and O–H groups in total. The Kier molecular flexibility index (Phi) is 3.39. The monoisotopic (exact) mass is 340 g/mol. The van der Waals surface area contributed by atoms with Gasteiger partial charge in [-0.05, 0) is 36.9 Å². The minimum absolute atomic E-state index is 0.0510. The Balaban J connectivity index is 1.89. The summed E-state index contributed by atoms with van der Waals surface area (Å²) in [5.74, 6) is 0. The molecule has 7 heteroatoms. The summed E-state index contributed by atoms with van der Waals surface area (Å²) in [6, 6.07) is 9.45. The molecule has 0 spiro atoms. The van der Waals surface area contributed by atoms with E-state index >= 15 is 0 Å². The van der Waals surface area contributed by atoms with Gasteiger partial charge in [-0.2, -0.15) is 0 Å². The molecule has 23 heavy (non-hydrogen) atoms. The first-order chi connectivity index (χ1) is 11.1.